The van der Waals surface area contributed by atoms with E-state index in [1.165, 1.54) is 0 Å². The van der Waals surface area contributed by atoms with E-state index >= 15 is 0 Å². The normalized spacial score (nSPS) is 12.1. The molecular formula is C14H22N2O3. The predicted molar refractivity (Wildman–Crippen MR) is 74.0 cm³/mol. The molecule has 0 saturated heterocycles. The number of primary amides is 1. The minimum Gasteiger partial charge on any atom is -0.494 e. The van der Waals surface area contributed by atoms with Gasteiger partial charge in [-0.15, -0.1) is 0 Å². The Morgan fingerprint density at radius 1 is 1.42 bits per heavy atom. The molecule has 0 heterocycles. The van der Waals surface area contributed by atoms with E-state index in [0.717, 1.165) is 24.3 Å². The maximum atomic E-state index is 10.7. The number of nitrogens with one attached hydrogen (secondary N) is 1. The van der Waals surface area contributed by atoms with Crippen molar-refractivity contribution in [2.24, 2.45) is 5.73 Å². The number of aliphatic hydroxyl groups excluding tert-OH is 1. The van der Waals surface area contributed by atoms with E-state index in [9.17, 15) is 4.79 Å². The Morgan fingerprint density at radius 3 is 2.68 bits per heavy atom. The van der Waals surface area contributed by atoms with E-state index in [1.54, 1.807) is 6.92 Å². The first-order chi connectivity index (χ1) is 9.08. The Hall–Kier alpha value is -1.59. The molecule has 0 aliphatic heterocycles. The van der Waals surface area contributed by atoms with Crippen LogP contribution in [-0.2, 0) is 11.2 Å². The lowest BCUT2D eigenvalue weighted by Gasteiger charge is -2.08. The standard InChI is InChI=1S/C14H22N2O3/c1-11(17)10-16-7-2-8-19-13-5-3-12(4-6-13)9-14(15)18/h3-6,11,16-17H,2,7-10H2,1H3,(H2,15,18). The molecule has 1 aromatic rings. The van der Waals surface area contributed by atoms with Crippen molar-refractivity contribution in [3.63, 3.8) is 0 Å². The second kappa shape index (κ2) is 8.50. The minimum atomic E-state index is -0.335. The SMILES string of the molecule is CC(O)CNCCCOc1ccc(CC(N)=O)cc1. The average Bonchev–Trinajstić information content (AvgIpc) is 2.34. The van der Waals surface area contributed by atoms with Gasteiger partial charge in [-0.1, -0.05) is 12.1 Å². The van der Waals surface area contributed by atoms with Crippen LogP contribution in [0.2, 0.25) is 0 Å². The largest absolute Gasteiger partial charge is 0.494 e. The molecule has 5 heteroatoms. The van der Waals surface area contributed by atoms with Crippen LogP contribution in [0.5, 0.6) is 5.75 Å². The van der Waals surface area contributed by atoms with Gasteiger partial charge in [-0.25, -0.2) is 0 Å². The van der Waals surface area contributed by atoms with Crippen molar-refractivity contribution in [2.45, 2.75) is 25.9 Å². The molecule has 0 aliphatic carbocycles. The Morgan fingerprint density at radius 2 is 2.11 bits per heavy atom. The van der Waals surface area contributed by atoms with Gasteiger partial charge in [0.1, 0.15) is 5.75 Å². The molecule has 1 rings (SSSR count). The van der Waals surface area contributed by atoms with Crippen molar-refractivity contribution in [1.29, 1.82) is 0 Å². The van der Waals surface area contributed by atoms with Crippen LogP contribution in [0.15, 0.2) is 24.3 Å². The fraction of sp³-hybridized carbons (Fsp3) is 0.500. The predicted octanol–water partition coefficient (Wildman–Crippen LogP) is 0.454. The van der Waals surface area contributed by atoms with E-state index in [-0.39, 0.29) is 18.4 Å². The summed E-state index contributed by atoms with van der Waals surface area (Å²) in [6.45, 7) is 3.77. The number of hydrogen-bond donors (Lipinski definition) is 3. The zero-order valence-electron chi connectivity index (χ0n) is 11.3. The number of ether oxygens (including phenoxy) is 1. The molecule has 0 aromatic heterocycles. The third kappa shape index (κ3) is 7.43. The highest BCUT2D eigenvalue weighted by Crippen LogP contribution is 2.12. The van der Waals surface area contributed by atoms with Crippen molar-refractivity contribution in [2.75, 3.05) is 19.7 Å². The van der Waals surface area contributed by atoms with Crippen molar-refractivity contribution < 1.29 is 14.6 Å². The number of carbonyl (C=O) groups is 1. The quantitative estimate of drug-likeness (QED) is 0.567. The summed E-state index contributed by atoms with van der Waals surface area (Å²) >= 11 is 0. The van der Waals surface area contributed by atoms with Gasteiger partial charge >= 0.3 is 0 Å². The first-order valence-corrected chi connectivity index (χ1v) is 6.46. The number of aliphatic hydroxyl groups is 1. The van der Waals surface area contributed by atoms with Crippen LogP contribution in [-0.4, -0.2) is 36.8 Å². The van der Waals surface area contributed by atoms with Crippen molar-refractivity contribution in [3.05, 3.63) is 29.8 Å². The first kappa shape index (κ1) is 15.5. The van der Waals surface area contributed by atoms with Crippen LogP contribution in [0.1, 0.15) is 18.9 Å². The molecular weight excluding hydrogens is 244 g/mol. The van der Waals surface area contributed by atoms with E-state index in [1.807, 2.05) is 24.3 Å². The van der Waals surface area contributed by atoms with Gasteiger partial charge in [0.05, 0.1) is 19.1 Å². The van der Waals surface area contributed by atoms with Gasteiger partial charge in [0.25, 0.3) is 0 Å². The van der Waals surface area contributed by atoms with Crippen molar-refractivity contribution in [3.8, 4) is 5.75 Å². The van der Waals surface area contributed by atoms with Gasteiger partial charge < -0.3 is 20.9 Å². The Bertz CT molecular complexity index is 377. The second-order valence-corrected chi connectivity index (χ2v) is 4.54. The van der Waals surface area contributed by atoms with Gasteiger partial charge in [0, 0.05) is 6.54 Å². The Kier molecular flexibility index (Phi) is 6.92. The van der Waals surface area contributed by atoms with Gasteiger partial charge in [-0.05, 0) is 37.6 Å². The zero-order valence-corrected chi connectivity index (χ0v) is 11.3. The number of amides is 1. The number of benzene rings is 1. The highest BCUT2D eigenvalue weighted by atomic mass is 16.5. The molecule has 0 radical (unpaired) electrons. The Labute approximate surface area is 113 Å². The lowest BCUT2D eigenvalue weighted by Crippen LogP contribution is -2.26. The van der Waals surface area contributed by atoms with E-state index in [2.05, 4.69) is 5.32 Å². The van der Waals surface area contributed by atoms with Crippen LogP contribution < -0.4 is 15.8 Å². The molecule has 0 spiro atoms. The van der Waals surface area contributed by atoms with Crippen molar-refractivity contribution in [1.82, 2.24) is 5.32 Å². The maximum absolute atomic E-state index is 10.7. The summed E-state index contributed by atoms with van der Waals surface area (Å²) in [6.07, 6.45) is 0.804. The summed E-state index contributed by atoms with van der Waals surface area (Å²) in [5, 5.41) is 12.2. The molecule has 1 amide bonds. The summed E-state index contributed by atoms with van der Waals surface area (Å²) in [5.41, 5.74) is 6.00. The van der Waals surface area contributed by atoms with E-state index in [4.69, 9.17) is 15.6 Å². The molecule has 1 atom stereocenters. The van der Waals surface area contributed by atoms with Crippen LogP contribution in [0.25, 0.3) is 0 Å². The topological polar surface area (TPSA) is 84.6 Å². The van der Waals surface area contributed by atoms with Crippen LogP contribution in [0, 0.1) is 0 Å². The third-order valence-corrected chi connectivity index (χ3v) is 2.51. The fourth-order valence-corrected chi connectivity index (χ4v) is 1.60. The number of hydrogen-bond acceptors (Lipinski definition) is 4. The number of carbonyl (C=O) groups excluding carboxylic acids is 1. The lowest BCUT2D eigenvalue weighted by atomic mass is 10.1. The highest BCUT2D eigenvalue weighted by Gasteiger charge is 1.99. The van der Waals surface area contributed by atoms with Gasteiger partial charge in [0.2, 0.25) is 5.91 Å². The number of nitrogens with two attached hydrogens (primary N) is 1. The molecule has 4 N–H and O–H groups in total. The lowest BCUT2D eigenvalue weighted by molar-refractivity contribution is -0.117. The van der Waals surface area contributed by atoms with Crippen LogP contribution in [0.4, 0.5) is 0 Å². The molecule has 106 valence electrons. The number of rotatable bonds is 9. The smallest absolute Gasteiger partial charge is 0.221 e. The van der Waals surface area contributed by atoms with E-state index in [0.29, 0.717) is 13.2 Å². The van der Waals surface area contributed by atoms with Crippen LogP contribution >= 0.6 is 0 Å². The molecule has 1 unspecified atom stereocenters. The second-order valence-electron chi connectivity index (χ2n) is 4.54. The first-order valence-electron chi connectivity index (χ1n) is 6.46. The van der Waals surface area contributed by atoms with Crippen LogP contribution in [0.3, 0.4) is 0 Å². The summed E-state index contributed by atoms with van der Waals surface area (Å²) in [7, 11) is 0. The maximum Gasteiger partial charge on any atom is 0.221 e. The molecule has 0 aliphatic rings. The Balaban J connectivity index is 2.17. The molecule has 0 fully saturated rings. The fourth-order valence-electron chi connectivity index (χ4n) is 1.60. The molecule has 1 aromatic carbocycles. The summed E-state index contributed by atoms with van der Waals surface area (Å²) in [5.74, 6) is 0.446. The summed E-state index contributed by atoms with van der Waals surface area (Å²) in [4.78, 5) is 10.7. The minimum absolute atomic E-state index is 0.254. The highest BCUT2D eigenvalue weighted by molar-refractivity contribution is 5.76. The molecule has 0 saturated carbocycles. The molecule has 19 heavy (non-hydrogen) atoms. The van der Waals surface area contributed by atoms with Gasteiger partial charge in [-0.2, -0.15) is 0 Å². The van der Waals surface area contributed by atoms with Gasteiger partial charge in [-0.3, -0.25) is 4.79 Å². The molecule has 5 nitrogen and oxygen atoms in total. The average molecular weight is 266 g/mol. The third-order valence-electron chi connectivity index (χ3n) is 2.51. The molecule has 0 bridgehead atoms. The summed E-state index contributed by atoms with van der Waals surface area (Å²) in [6, 6.07) is 7.35. The zero-order chi connectivity index (χ0) is 14.1. The summed E-state index contributed by atoms with van der Waals surface area (Å²) < 4.78 is 5.55. The van der Waals surface area contributed by atoms with Crippen molar-refractivity contribution >= 4 is 5.91 Å². The van der Waals surface area contributed by atoms with E-state index < -0.39 is 0 Å². The monoisotopic (exact) mass is 266 g/mol. The van der Waals surface area contributed by atoms with Gasteiger partial charge in [0.15, 0.2) is 0 Å².